The van der Waals surface area contributed by atoms with Gasteiger partial charge in [-0.15, -0.1) is 0 Å². The molecule has 0 unspecified atom stereocenters. The average Bonchev–Trinajstić information content (AvgIpc) is 2.97. The summed E-state index contributed by atoms with van der Waals surface area (Å²) in [4.78, 5) is 25.6. The molecule has 7 nitrogen and oxygen atoms in total. The summed E-state index contributed by atoms with van der Waals surface area (Å²) in [6.45, 7) is 3.88. The van der Waals surface area contributed by atoms with Gasteiger partial charge in [0.05, 0.1) is 4.92 Å². The van der Waals surface area contributed by atoms with Crippen molar-refractivity contribution in [3.05, 3.63) is 33.9 Å². The van der Waals surface area contributed by atoms with Crippen LogP contribution in [0.1, 0.15) is 23.2 Å². The minimum absolute atomic E-state index is 0.273. The number of carbonyl (C=O) groups is 1. The maximum atomic E-state index is 11.1. The summed E-state index contributed by atoms with van der Waals surface area (Å²) in [5, 5.41) is 19.9. The zero-order valence-electron chi connectivity index (χ0n) is 12.0. The van der Waals surface area contributed by atoms with Gasteiger partial charge in [-0.2, -0.15) is 0 Å². The molecule has 1 aliphatic rings. The number of hydrogen-bond acceptors (Lipinski definition) is 5. The molecule has 21 heavy (non-hydrogen) atoms. The number of carboxylic acids is 1. The smallest absolute Gasteiger partial charge is 0.342 e. The molecule has 0 radical (unpaired) electrons. The Bertz CT molecular complexity index is 541. The summed E-state index contributed by atoms with van der Waals surface area (Å²) in [7, 11) is 1.86. The maximum Gasteiger partial charge on any atom is 0.342 e. The Labute approximate surface area is 122 Å². The number of aromatic carboxylic acids is 1. The van der Waals surface area contributed by atoms with Crippen LogP contribution < -0.4 is 4.90 Å². The number of nitro groups is 1. The van der Waals surface area contributed by atoms with E-state index in [0.717, 1.165) is 26.2 Å². The van der Waals surface area contributed by atoms with Crippen molar-refractivity contribution in [3.8, 4) is 0 Å². The lowest BCUT2D eigenvalue weighted by Crippen LogP contribution is -2.31. The number of likely N-dealkylation sites (tertiary alicyclic amines) is 1. The lowest BCUT2D eigenvalue weighted by molar-refractivity contribution is -0.385. The van der Waals surface area contributed by atoms with E-state index in [-0.39, 0.29) is 11.3 Å². The second kappa shape index (κ2) is 6.53. The molecule has 1 aliphatic heterocycles. The Morgan fingerprint density at radius 3 is 2.67 bits per heavy atom. The van der Waals surface area contributed by atoms with E-state index >= 15 is 0 Å². The lowest BCUT2D eigenvalue weighted by atomic mass is 10.1. The van der Waals surface area contributed by atoms with Gasteiger partial charge in [0.25, 0.3) is 5.69 Å². The highest BCUT2D eigenvalue weighted by Crippen LogP contribution is 2.24. The van der Waals surface area contributed by atoms with Crippen molar-refractivity contribution in [3.63, 3.8) is 0 Å². The highest BCUT2D eigenvalue weighted by atomic mass is 16.6. The van der Waals surface area contributed by atoms with Crippen molar-refractivity contribution in [2.45, 2.75) is 12.8 Å². The summed E-state index contributed by atoms with van der Waals surface area (Å²) in [6, 6.07) is 4.21. The van der Waals surface area contributed by atoms with Gasteiger partial charge in [0.2, 0.25) is 0 Å². The van der Waals surface area contributed by atoms with Crippen LogP contribution in [0.25, 0.3) is 0 Å². The first kappa shape index (κ1) is 15.2. The first-order valence-corrected chi connectivity index (χ1v) is 6.94. The van der Waals surface area contributed by atoms with Crippen LogP contribution in [0.15, 0.2) is 18.2 Å². The van der Waals surface area contributed by atoms with Gasteiger partial charge < -0.3 is 14.9 Å². The van der Waals surface area contributed by atoms with Crippen LogP contribution in [0.5, 0.6) is 0 Å². The molecule has 0 spiro atoms. The number of benzene rings is 1. The van der Waals surface area contributed by atoms with Crippen LogP contribution in [-0.4, -0.2) is 54.1 Å². The van der Waals surface area contributed by atoms with Crippen LogP contribution in [0.3, 0.4) is 0 Å². The molecular weight excluding hydrogens is 274 g/mol. The van der Waals surface area contributed by atoms with E-state index in [2.05, 4.69) is 4.90 Å². The Balaban J connectivity index is 2.09. The van der Waals surface area contributed by atoms with Crippen molar-refractivity contribution in [1.29, 1.82) is 0 Å². The van der Waals surface area contributed by atoms with Gasteiger partial charge in [-0.25, -0.2) is 4.79 Å². The molecule has 2 rings (SSSR count). The normalized spacial score (nSPS) is 15.1. The maximum absolute atomic E-state index is 11.1. The van der Waals surface area contributed by atoms with E-state index in [4.69, 9.17) is 5.11 Å². The summed E-state index contributed by atoms with van der Waals surface area (Å²) >= 11 is 0. The second-order valence-electron chi connectivity index (χ2n) is 5.23. The predicted octanol–water partition coefficient (Wildman–Crippen LogP) is 1.82. The van der Waals surface area contributed by atoms with E-state index in [1.54, 1.807) is 6.07 Å². The van der Waals surface area contributed by atoms with Gasteiger partial charge in [-0.05, 0) is 38.1 Å². The summed E-state index contributed by atoms with van der Waals surface area (Å²) in [5.74, 6) is -1.28. The molecule has 0 amide bonds. The van der Waals surface area contributed by atoms with Crippen LogP contribution in [0.4, 0.5) is 11.4 Å². The largest absolute Gasteiger partial charge is 0.477 e. The molecule has 114 valence electrons. The molecule has 1 N–H and O–H groups in total. The molecular formula is C14H19N3O4. The summed E-state index contributed by atoms with van der Waals surface area (Å²) in [5.41, 5.74) is 0.0295. The standard InChI is InChI=1S/C14H19N3O4/c1-15(8-9-16-6-2-3-7-16)11-4-5-13(17(20)21)12(10-11)14(18)19/h4-5,10H,2-3,6-9H2,1H3,(H,18,19). The molecule has 1 fully saturated rings. The van der Waals surface area contributed by atoms with Crippen LogP contribution in [-0.2, 0) is 0 Å². The third-order valence-corrected chi connectivity index (χ3v) is 3.80. The van der Waals surface area contributed by atoms with Gasteiger partial charge in [0, 0.05) is 31.9 Å². The Morgan fingerprint density at radius 2 is 2.10 bits per heavy atom. The first-order chi connectivity index (χ1) is 9.99. The fourth-order valence-electron chi connectivity index (χ4n) is 2.52. The number of carboxylic acid groups (broad SMARTS) is 1. The topological polar surface area (TPSA) is 86.9 Å². The van der Waals surface area contributed by atoms with Crippen molar-refractivity contribution in [2.24, 2.45) is 0 Å². The Kier molecular flexibility index (Phi) is 4.74. The number of anilines is 1. The molecule has 1 saturated heterocycles. The third kappa shape index (κ3) is 3.69. The van der Waals surface area contributed by atoms with Gasteiger partial charge in [-0.3, -0.25) is 10.1 Å². The highest BCUT2D eigenvalue weighted by Gasteiger charge is 2.21. The molecule has 1 heterocycles. The number of rotatable bonds is 6. The van der Waals surface area contributed by atoms with Gasteiger partial charge in [-0.1, -0.05) is 0 Å². The SMILES string of the molecule is CN(CCN1CCCC1)c1ccc([N+](=O)[O-])c(C(=O)O)c1. The van der Waals surface area contributed by atoms with Crippen LogP contribution in [0.2, 0.25) is 0 Å². The summed E-state index contributed by atoms with van der Waals surface area (Å²) < 4.78 is 0. The monoisotopic (exact) mass is 293 g/mol. The predicted molar refractivity (Wildman–Crippen MR) is 79.0 cm³/mol. The van der Waals surface area contributed by atoms with E-state index in [1.165, 1.54) is 25.0 Å². The zero-order valence-corrected chi connectivity index (χ0v) is 12.0. The van der Waals surface area contributed by atoms with Crippen molar-refractivity contribution in [1.82, 2.24) is 4.90 Å². The van der Waals surface area contributed by atoms with E-state index in [9.17, 15) is 14.9 Å². The number of likely N-dealkylation sites (N-methyl/N-ethyl adjacent to an activating group) is 1. The molecule has 0 aromatic heterocycles. The van der Waals surface area contributed by atoms with Crippen molar-refractivity contribution >= 4 is 17.3 Å². The fraction of sp³-hybridized carbons (Fsp3) is 0.500. The molecule has 0 aliphatic carbocycles. The highest BCUT2D eigenvalue weighted by molar-refractivity contribution is 5.93. The second-order valence-corrected chi connectivity index (χ2v) is 5.23. The van der Waals surface area contributed by atoms with E-state index in [1.807, 2.05) is 11.9 Å². The molecule has 7 heteroatoms. The quantitative estimate of drug-likeness (QED) is 0.636. The van der Waals surface area contributed by atoms with Crippen LogP contribution in [0, 0.1) is 10.1 Å². The minimum atomic E-state index is -1.28. The average molecular weight is 293 g/mol. The number of nitro benzene ring substituents is 1. The minimum Gasteiger partial charge on any atom is -0.477 e. The third-order valence-electron chi connectivity index (χ3n) is 3.80. The number of nitrogens with zero attached hydrogens (tertiary/aromatic N) is 3. The molecule has 0 saturated carbocycles. The number of hydrogen-bond donors (Lipinski definition) is 1. The molecule has 1 aromatic rings. The Morgan fingerprint density at radius 1 is 1.43 bits per heavy atom. The van der Waals surface area contributed by atoms with E-state index in [0.29, 0.717) is 5.69 Å². The summed E-state index contributed by atoms with van der Waals surface area (Å²) in [6.07, 6.45) is 2.45. The fourth-order valence-corrected chi connectivity index (χ4v) is 2.52. The first-order valence-electron chi connectivity index (χ1n) is 6.94. The molecule has 0 atom stereocenters. The van der Waals surface area contributed by atoms with Crippen molar-refractivity contribution in [2.75, 3.05) is 38.1 Å². The van der Waals surface area contributed by atoms with Crippen molar-refractivity contribution < 1.29 is 14.8 Å². The molecule has 0 bridgehead atoms. The van der Waals surface area contributed by atoms with E-state index < -0.39 is 10.9 Å². The van der Waals surface area contributed by atoms with Gasteiger partial charge >= 0.3 is 5.97 Å². The van der Waals surface area contributed by atoms with Crippen LogP contribution >= 0.6 is 0 Å². The zero-order chi connectivity index (χ0) is 15.4. The van der Waals surface area contributed by atoms with Gasteiger partial charge in [0.15, 0.2) is 0 Å². The Hall–Kier alpha value is -2.15. The van der Waals surface area contributed by atoms with Gasteiger partial charge in [0.1, 0.15) is 5.56 Å². The lowest BCUT2D eigenvalue weighted by Gasteiger charge is -2.23. The molecule has 1 aromatic carbocycles.